The van der Waals surface area contributed by atoms with Gasteiger partial charge in [0.1, 0.15) is 5.75 Å². The molecule has 1 unspecified atom stereocenters. The largest absolute Gasteiger partial charge is 0.508 e. The number of phenols is 1. The Balaban J connectivity index is 1.32. The van der Waals surface area contributed by atoms with Gasteiger partial charge in [-0.3, -0.25) is 9.69 Å². The van der Waals surface area contributed by atoms with Crippen LogP contribution < -0.4 is 4.74 Å². The first-order chi connectivity index (χ1) is 13.0. The normalized spacial score (nSPS) is 24.7. The molecule has 142 valence electrons. The smallest absolute Gasteiger partial charge is 0.191 e. The number of carbonyl (C=O) groups is 1. The SMILES string of the molecule is O=C(CN1C[C@H]2CC(Oc3c(F)cccc3F)C[C@H]2C1)c1ccc(O)cc1. The monoisotopic (exact) mass is 373 g/mol. The Labute approximate surface area is 156 Å². The zero-order valence-corrected chi connectivity index (χ0v) is 14.8. The van der Waals surface area contributed by atoms with Crippen molar-refractivity contribution in [2.45, 2.75) is 18.9 Å². The number of para-hydroxylation sites is 1. The minimum absolute atomic E-state index is 0.0243. The zero-order valence-electron chi connectivity index (χ0n) is 14.8. The lowest BCUT2D eigenvalue weighted by Gasteiger charge is -2.19. The molecule has 0 amide bonds. The van der Waals surface area contributed by atoms with Crippen LogP contribution in [-0.4, -0.2) is 41.5 Å². The lowest BCUT2D eigenvalue weighted by Crippen LogP contribution is -2.30. The van der Waals surface area contributed by atoms with Gasteiger partial charge in [-0.2, -0.15) is 0 Å². The molecule has 1 aliphatic heterocycles. The fourth-order valence-corrected chi connectivity index (χ4v) is 4.27. The van der Waals surface area contributed by atoms with Crippen LogP contribution in [0.15, 0.2) is 42.5 Å². The predicted octanol–water partition coefficient (Wildman–Crippen LogP) is 3.64. The van der Waals surface area contributed by atoms with Crippen LogP contribution in [0.2, 0.25) is 0 Å². The highest BCUT2D eigenvalue weighted by molar-refractivity contribution is 5.97. The van der Waals surface area contributed by atoms with E-state index in [0.29, 0.717) is 23.9 Å². The highest BCUT2D eigenvalue weighted by atomic mass is 19.1. The lowest BCUT2D eigenvalue weighted by atomic mass is 10.0. The maximum atomic E-state index is 13.8. The quantitative estimate of drug-likeness (QED) is 0.813. The van der Waals surface area contributed by atoms with Crippen LogP contribution in [0.5, 0.6) is 11.5 Å². The van der Waals surface area contributed by atoms with Crippen molar-refractivity contribution in [3.8, 4) is 11.5 Å². The first-order valence-electron chi connectivity index (χ1n) is 9.15. The van der Waals surface area contributed by atoms with Crippen LogP contribution in [0.25, 0.3) is 0 Å². The van der Waals surface area contributed by atoms with Gasteiger partial charge in [0, 0.05) is 18.7 Å². The molecule has 0 radical (unpaired) electrons. The molecule has 2 aliphatic rings. The second-order valence-electron chi connectivity index (χ2n) is 7.45. The number of aromatic hydroxyl groups is 1. The van der Waals surface area contributed by atoms with Gasteiger partial charge in [-0.05, 0) is 61.1 Å². The number of likely N-dealkylation sites (tertiary alicyclic amines) is 1. The third-order valence-corrected chi connectivity index (χ3v) is 5.54. The maximum Gasteiger partial charge on any atom is 0.191 e. The molecule has 6 heteroatoms. The Morgan fingerprint density at radius 2 is 1.63 bits per heavy atom. The van der Waals surface area contributed by atoms with Crippen molar-refractivity contribution in [2.24, 2.45) is 11.8 Å². The number of ketones is 1. The summed E-state index contributed by atoms with van der Waals surface area (Å²) in [6.07, 6.45) is 1.28. The molecule has 0 bridgehead atoms. The number of halogens is 2. The van der Waals surface area contributed by atoms with Crippen LogP contribution in [0, 0.1) is 23.5 Å². The van der Waals surface area contributed by atoms with Gasteiger partial charge in [0.05, 0.1) is 12.6 Å². The summed E-state index contributed by atoms with van der Waals surface area (Å²) in [5.74, 6) is -0.728. The van der Waals surface area contributed by atoms with E-state index < -0.39 is 11.6 Å². The molecule has 0 spiro atoms. The summed E-state index contributed by atoms with van der Waals surface area (Å²) >= 11 is 0. The van der Waals surface area contributed by atoms with Crippen molar-refractivity contribution in [3.63, 3.8) is 0 Å². The van der Waals surface area contributed by atoms with E-state index in [1.807, 2.05) is 0 Å². The van der Waals surface area contributed by atoms with Crippen molar-refractivity contribution in [2.75, 3.05) is 19.6 Å². The van der Waals surface area contributed by atoms with E-state index >= 15 is 0 Å². The molecular formula is C21H21F2NO3. The number of hydrogen-bond donors (Lipinski definition) is 1. The number of carbonyl (C=O) groups excluding carboxylic acids is 1. The molecule has 1 aliphatic carbocycles. The average molecular weight is 373 g/mol. The fraction of sp³-hybridized carbons (Fsp3) is 0.381. The standard InChI is InChI=1S/C21H21F2NO3/c22-18-2-1-3-19(23)21(18)27-17-8-14-10-24(11-15(14)9-17)12-20(26)13-4-6-16(25)7-5-13/h1-7,14-15,17,25H,8-12H2/t14-,15+,17?. The van der Waals surface area contributed by atoms with Crippen LogP contribution in [0.1, 0.15) is 23.2 Å². The number of fused-ring (bicyclic) bond motifs is 1. The average Bonchev–Trinajstić information content (AvgIpc) is 3.16. The second-order valence-corrected chi connectivity index (χ2v) is 7.45. The van der Waals surface area contributed by atoms with Crippen LogP contribution in [0.3, 0.4) is 0 Å². The molecule has 1 N–H and O–H groups in total. The summed E-state index contributed by atoms with van der Waals surface area (Å²) in [4.78, 5) is 14.5. The van der Waals surface area contributed by atoms with Gasteiger partial charge in [0.2, 0.25) is 0 Å². The molecule has 2 fully saturated rings. The number of rotatable bonds is 5. The molecule has 1 heterocycles. The Kier molecular flexibility index (Phi) is 4.83. The molecule has 1 saturated heterocycles. The maximum absolute atomic E-state index is 13.8. The molecule has 1 saturated carbocycles. The van der Waals surface area contributed by atoms with Gasteiger partial charge < -0.3 is 9.84 Å². The topological polar surface area (TPSA) is 49.8 Å². The Morgan fingerprint density at radius 1 is 1.04 bits per heavy atom. The number of benzene rings is 2. The van der Waals surface area contributed by atoms with Gasteiger partial charge in [-0.25, -0.2) is 8.78 Å². The summed E-state index contributed by atoms with van der Waals surface area (Å²) in [6.45, 7) is 1.91. The van der Waals surface area contributed by atoms with Crippen molar-refractivity contribution >= 4 is 5.78 Å². The molecule has 4 rings (SSSR count). The van der Waals surface area contributed by atoms with Crippen molar-refractivity contribution in [3.05, 3.63) is 59.7 Å². The molecule has 4 nitrogen and oxygen atoms in total. The van der Waals surface area contributed by atoms with E-state index in [4.69, 9.17) is 4.74 Å². The summed E-state index contributed by atoms with van der Waals surface area (Å²) in [6, 6.07) is 9.99. The highest BCUT2D eigenvalue weighted by Crippen LogP contribution is 2.40. The highest BCUT2D eigenvalue weighted by Gasteiger charge is 2.42. The summed E-state index contributed by atoms with van der Waals surface area (Å²) in [7, 11) is 0. The van der Waals surface area contributed by atoms with Crippen LogP contribution >= 0.6 is 0 Å². The Bertz CT molecular complexity index is 806. The second kappa shape index (κ2) is 7.27. The number of Topliss-reactive ketones (excluding diaryl/α,β-unsaturated/α-hetero) is 1. The van der Waals surface area contributed by atoms with Crippen molar-refractivity contribution in [1.29, 1.82) is 0 Å². The number of phenolic OH excluding ortho intramolecular Hbond substituents is 1. The molecule has 27 heavy (non-hydrogen) atoms. The number of hydrogen-bond acceptors (Lipinski definition) is 4. The van der Waals surface area contributed by atoms with E-state index in [0.717, 1.165) is 25.9 Å². The van der Waals surface area contributed by atoms with Crippen molar-refractivity contribution in [1.82, 2.24) is 4.90 Å². The first kappa shape index (κ1) is 17.9. The van der Waals surface area contributed by atoms with Crippen molar-refractivity contribution < 1.29 is 23.4 Å². The van der Waals surface area contributed by atoms with Gasteiger partial charge in [0.15, 0.2) is 23.2 Å². The third-order valence-electron chi connectivity index (χ3n) is 5.54. The zero-order chi connectivity index (χ0) is 19.0. The fourth-order valence-electron chi connectivity index (χ4n) is 4.27. The van der Waals surface area contributed by atoms with Gasteiger partial charge >= 0.3 is 0 Å². The Morgan fingerprint density at radius 3 is 2.22 bits per heavy atom. The summed E-state index contributed by atoms with van der Waals surface area (Å²) in [5, 5.41) is 9.32. The van der Waals surface area contributed by atoms with Crippen LogP contribution in [-0.2, 0) is 0 Å². The van der Waals surface area contributed by atoms with Gasteiger partial charge in [-0.1, -0.05) is 6.07 Å². The third kappa shape index (κ3) is 3.81. The molecule has 0 aromatic heterocycles. The van der Waals surface area contributed by atoms with E-state index in [9.17, 15) is 18.7 Å². The minimum atomic E-state index is -0.673. The molecule has 2 aromatic carbocycles. The van der Waals surface area contributed by atoms with E-state index in [1.54, 1.807) is 12.1 Å². The molecular weight excluding hydrogens is 352 g/mol. The minimum Gasteiger partial charge on any atom is -0.508 e. The molecule has 3 atom stereocenters. The number of ether oxygens (including phenoxy) is 1. The summed E-state index contributed by atoms with van der Waals surface area (Å²) in [5.41, 5.74) is 0.584. The predicted molar refractivity (Wildman–Crippen MR) is 95.9 cm³/mol. The van der Waals surface area contributed by atoms with Gasteiger partial charge in [0.25, 0.3) is 0 Å². The van der Waals surface area contributed by atoms with Crippen LogP contribution in [0.4, 0.5) is 8.78 Å². The Hall–Kier alpha value is -2.47. The van der Waals surface area contributed by atoms with E-state index in [2.05, 4.69) is 4.90 Å². The number of nitrogens with zero attached hydrogens (tertiary/aromatic N) is 1. The lowest BCUT2D eigenvalue weighted by molar-refractivity contribution is 0.0936. The van der Waals surface area contributed by atoms with Gasteiger partial charge in [-0.15, -0.1) is 0 Å². The van der Waals surface area contributed by atoms with E-state index in [-0.39, 0.29) is 23.4 Å². The molecule has 2 aromatic rings. The van der Waals surface area contributed by atoms with E-state index in [1.165, 1.54) is 30.3 Å². The summed E-state index contributed by atoms with van der Waals surface area (Å²) < 4.78 is 33.1. The first-order valence-corrected chi connectivity index (χ1v) is 9.15.